The SMILES string of the molecule is COc1ccc([C@@H]2CC(c3ccc(OC)cc3OC)=NN2C(=O)CN(CCN2CCOCC2)C(=O)c2ccccc2F)cc1. The van der Waals surface area contributed by atoms with Crippen molar-refractivity contribution in [2.45, 2.75) is 12.5 Å². The zero-order valence-electron chi connectivity index (χ0n) is 25.2. The van der Waals surface area contributed by atoms with Crippen LogP contribution in [-0.4, -0.2) is 99.6 Å². The molecule has 0 aromatic heterocycles. The monoisotopic (exact) mass is 604 g/mol. The minimum atomic E-state index is -0.634. The van der Waals surface area contributed by atoms with E-state index < -0.39 is 17.8 Å². The molecule has 10 nitrogen and oxygen atoms in total. The van der Waals surface area contributed by atoms with E-state index in [1.807, 2.05) is 36.4 Å². The van der Waals surface area contributed by atoms with Gasteiger partial charge in [-0.3, -0.25) is 14.5 Å². The minimum absolute atomic E-state index is 0.0810. The predicted molar refractivity (Wildman–Crippen MR) is 163 cm³/mol. The van der Waals surface area contributed by atoms with Crippen molar-refractivity contribution < 1.29 is 32.9 Å². The van der Waals surface area contributed by atoms with E-state index in [-0.39, 0.29) is 24.6 Å². The van der Waals surface area contributed by atoms with Crippen LogP contribution < -0.4 is 14.2 Å². The summed E-state index contributed by atoms with van der Waals surface area (Å²) in [4.78, 5) is 31.3. The molecule has 0 N–H and O–H groups in total. The van der Waals surface area contributed by atoms with E-state index in [0.717, 1.165) is 24.2 Å². The first-order valence-electron chi connectivity index (χ1n) is 14.5. The highest BCUT2D eigenvalue weighted by atomic mass is 19.1. The third-order valence-corrected chi connectivity index (χ3v) is 7.89. The highest BCUT2D eigenvalue weighted by Gasteiger charge is 2.36. The van der Waals surface area contributed by atoms with Gasteiger partial charge in [0, 0.05) is 44.2 Å². The normalized spacial score (nSPS) is 16.8. The van der Waals surface area contributed by atoms with Gasteiger partial charge in [-0.2, -0.15) is 5.10 Å². The van der Waals surface area contributed by atoms with Gasteiger partial charge in [0.15, 0.2) is 0 Å². The number of amides is 2. The lowest BCUT2D eigenvalue weighted by atomic mass is 9.97. The Hall–Kier alpha value is -4.48. The topological polar surface area (TPSA) is 93.1 Å². The van der Waals surface area contributed by atoms with Crippen LogP contribution in [0.1, 0.15) is 33.9 Å². The molecule has 0 spiro atoms. The summed E-state index contributed by atoms with van der Waals surface area (Å²) < 4.78 is 36.5. The Morgan fingerprint density at radius 1 is 0.955 bits per heavy atom. The Kier molecular flexibility index (Phi) is 10.1. The van der Waals surface area contributed by atoms with Crippen LogP contribution in [0.3, 0.4) is 0 Å². The Morgan fingerprint density at radius 2 is 1.66 bits per heavy atom. The number of rotatable bonds is 11. The fourth-order valence-electron chi connectivity index (χ4n) is 5.41. The molecule has 0 aliphatic carbocycles. The predicted octanol–water partition coefficient (Wildman–Crippen LogP) is 4.00. The molecule has 2 amide bonds. The minimum Gasteiger partial charge on any atom is -0.497 e. The largest absolute Gasteiger partial charge is 0.497 e. The highest BCUT2D eigenvalue weighted by molar-refractivity contribution is 6.05. The van der Waals surface area contributed by atoms with Crippen LogP contribution in [0.15, 0.2) is 71.8 Å². The molecule has 1 saturated heterocycles. The van der Waals surface area contributed by atoms with E-state index in [2.05, 4.69) is 4.90 Å². The number of morpholine rings is 1. The molecule has 232 valence electrons. The number of carbonyl (C=O) groups is 2. The van der Waals surface area contributed by atoms with Crippen molar-refractivity contribution in [3.8, 4) is 17.2 Å². The molecule has 3 aromatic carbocycles. The molecule has 2 aliphatic heterocycles. The van der Waals surface area contributed by atoms with E-state index in [4.69, 9.17) is 24.0 Å². The van der Waals surface area contributed by atoms with Gasteiger partial charge in [0.25, 0.3) is 11.8 Å². The van der Waals surface area contributed by atoms with E-state index in [1.54, 1.807) is 33.5 Å². The third-order valence-electron chi connectivity index (χ3n) is 7.89. The second kappa shape index (κ2) is 14.3. The Labute approximate surface area is 256 Å². The van der Waals surface area contributed by atoms with Crippen LogP contribution in [0.25, 0.3) is 0 Å². The van der Waals surface area contributed by atoms with Gasteiger partial charge < -0.3 is 23.8 Å². The first-order chi connectivity index (χ1) is 21.4. The molecule has 5 rings (SSSR count). The summed E-state index contributed by atoms with van der Waals surface area (Å²) in [6.45, 7) is 3.13. The number of halogens is 1. The van der Waals surface area contributed by atoms with Crippen LogP contribution in [0.4, 0.5) is 4.39 Å². The van der Waals surface area contributed by atoms with Crippen LogP contribution in [0.2, 0.25) is 0 Å². The number of methoxy groups -OCH3 is 3. The van der Waals surface area contributed by atoms with Gasteiger partial charge in [-0.15, -0.1) is 0 Å². The van der Waals surface area contributed by atoms with Crippen molar-refractivity contribution in [2.24, 2.45) is 5.10 Å². The maximum atomic E-state index is 14.7. The summed E-state index contributed by atoms with van der Waals surface area (Å²) in [5.41, 5.74) is 2.15. The molecule has 2 heterocycles. The second-order valence-electron chi connectivity index (χ2n) is 10.5. The fourth-order valence-corrected chi connectivity index (χ4v) is 5.41. The van der Waals surface area contributed by atoms with Crippen molar-refractivity contribution >= 4 is 17.5 Å². The fraction of sp³-hybridized carbons (Fsp3) is 0.364. The molecule has 0 unspecified atom stereocenters. The molecule has 0 radical (unpaired) electrons. The number of hydrogen-bond donors (Lipinski definition) is 0. The second-order valence-corrected chi connectivity index (χ2v) is 10.5. The van der Waals surface area contributed by atoms with Crippen LogP contribution >= 0.6 is 0 Å². The van der Waals surface area contributed by atoms with Crippen molar-refractivity contribution in [2.75, 3.05) is 67.3 Å². The third kappa shape index (κ3) is 7.00. The highest BCUT2D eigenvalue weighted by Crippen LogP contribution is 2.37. The molecule has 0 bridgehead atoms. The van der Waals surface area contributed by atoms with Crippen molar-refractivity contribution in [1.29, 1.82) is 0 Å². The molecule has 1 atom stereocenters. The van der Waals surface area contributed by atoms with Crippen LogP contribution in [-0.2, 0) is 9.53 Å². The van der Waals surface area contributed by atoms with E-state index in [9.17, 15) is 14.0 Å². The van der Waals surface area contributed by atoms with Gasteiger partial charge in [-0.05, 0) is 42.0 Å². The molecule has 0 saturated carbocycles. The number of carbonyl (C=O) groups excluding carboxylic acids is 2. The number of hydrazone groups is 1. The summed E-state index contributed by atoms with van der Waals surface area (Å²) in [5.74, 6) is 0.308. The smallest absolute Gasteiger partial charge is 0.262 e. The van der Waals surface area contributed by atoms with E-state index in [0.29, 0.717) is 49.1 Å². The van der Waals surface area contributed by atoms with E-state index >= 15 is 0 Å². The van der Waals surface area contributed by atoms with Crippen LogP contribution in [0, 0.1) is 5.82 Å². The molecule has 2 aliphatic rings. The summed E-state index contributed by atoms with van der Waals surface area (Å²) in [5, 5.41) is 6.21. The number of benzene rings is 3. The Balaban J connectivity index is 1.46. The lowest BCUT2D eigenvalue weighted by Gasteiger charge is -2.31. The quantitative estimate of drug-likeness (QED) is 0.327. The van der Waals surface area contributed by atoms with Crippen LogP contribution in [0.5, 0.6) is 17.2 Å². The standard InChI is InChI=1S/C33H37FN4O6/c1-41-24-10-8-23(9-11-24)30-21-29(27-13-12-25(42-2)20-31(27)43-3)35-38(30)32(39)22-37(15-14-36-16-18-44-19-17-36)33(40)26-6-4-5-7-28(26)34/h4-13,20,30H,14-19,21-22H2,1-3H3/t30-/m0/s1. The molecule has 11 heteroatoms. The lowest BCUT2D eigenvalue weighted by molar-refractivity contribution is -0.133. The zero-order valence-corrected chi connectivity index (χ0v) is 25.2. The first-order valence-corrected chi connectivity index (χ1v) is 14.5. The van der Waals surface area contributed by atoms with Gasteiger partial charge in [-0.25, -0.2) is 9.40 Å². The van der Waals surface area contributed by atoms with E-state index in [1.165, 1.54) is 28.1 Å². The molecular formula is C33H37FN4O6. The van der Waals surface area contributed by atoms with Gasteiger partial charge in [0.05, 0.1) is 51.9 Å². The number of nitrogens with zero attached hydrogens (tertiary/aromatic N) is 4. The zero-order chi connectivity index (χ0) is 31.1. The summed E-state index contributed by atoms with van der Waals surface area (Å²) in [7, 11) is 4.74. The summed E-state index contributed by atoms with van der Waals surface area (Å²) in [6, 6.07) is 18.3. The number of hydrogen-bond acceptors (Lipinski definition) is 8. The Bertz CT molecular complexity index is 1490. The maximum Gasteiger partial charge on any atom is 0.262 e. The average molecular weight is 605 g/mol. The average Bonchev–Trinajstić information content (AvgIpc) is 3.52. The first kappa shape index (κ1) is 31.0. The molecule has 3 aromatic rings. The van der Waals surface area contributed by atoms with Crippen molar-refractivity contribution in [3.63, 3.8) is 0 Å². The van der Waals surface area contributed by atoms with Crippen molar-refractivity contribution in [3.05, 3.63) is 89.2 Å². The lowest BCUT2D eigenvalue weighted by Crippen LogP contribution is -2.46. The molecule has 44 heavy (non-hydrogen) atoms. The van der Waals surface area contributed by atoms with Crippen molar-refractivity contribution in [1.82, 2.24) is 14.8 Å². The van der Waals surface area contributed by atoms with Gasteiger partial charge in [0.2, 0.25) is 0 Å². The maximum absolute atomic E-state index is 14.7. The molecule has 1 fully saturated rings. The van der Waals surface area contributed by atoms with Gasteiger partial charge in [-0.1, -0.05) is 24.3 Å². The summed E-state index contributed by atoms with van der Waals surface area (Å²) in [6.07, 6.45) is 0.412. The number of ether oxygens (including phenoxy) is 4. The van der Waals surface area contributed by atoms with Gasteiger partial charge in [0.1, 0.15) is 29.6 Å². The van der Waals surface area contributed by atoms with Gasteiger partial charge >= 0.3 is 0 Å². The summed E-state index contributed by atoms with van der Waals surface area (Å²) >= 11 is 0. The Morgan fingerprint density at radius 3 is 2.34 bits per heavy atom. The molecular weight excluding hydrogens is 567 g/mol.